The minimum Gasteiger partial charge on any atom is -0.497 e. The topological polar surface area (TPSA) is 58.6 Å². The molecule has 0 aromatic heterocycles. The maximum Gasteiger partial charge on any atom is 0.329 e. The van der Waals surface area contributed by atoms with E-state index in [0.717, 1.165) is 17.9 Å². The lowest BCUT2D eigenvalue weighted by molar-refractivity contribution is -0.145. The maximum absolute atomic E-state index is 11.1. The van der Waals surface area contributed by atoms with Crippen molar-refractivity contribution in [1.82, 2.24) is 0 Å². The van der Waals surface area contributed by atoms with Crippen molar-refractivity contribution in [3.63, 3.8) is 0 Å². The van der Waals surface area contributed by atoms with Gasteiger partial charge >= 0.3 is 5.97 Å². The van der Waals surface area contributed by atoms with Crippen LogP contribution in [0.3, 0.4) is 0 Å². The molecule has 4 heteroatoms. The van der Waals surface area contributed by atoms with Crippen LogP contribution in [0.4, 0.5) is 5.69 Å². The van der Waals surface area contributed by atoms with Crippen molar-refractivity contribution in [1.29, 1.82) is 0 Å². The van der Waals surface area contributed by atoms with Gasteiger partial charge in [0.1, 0.15) is 11.3 Å². The highest BCUT2D eigenvalue weighted by Gasteiger charge is 2.44. The standard InChI is InChI=1S/C12H15NO3/c1-16-10-5-3-9(4-6-10)13-12(11(14)15)7-2-8-12/h3-6,13H,2,7-8H2,1H3,(H,14,15). The normalized spacial score (nSPS) is 17.3. The van der Waals surface area contributed by atoms with E-state index in [2.05, 4.69) is 5.32 Å². The Labute approximate surface area is 94.2 Å². The summed E-state index contributed by atoms with van der Waals surface area (Å²) < 4.78 is 5.04. The molecule has 0 radical (unpaired) electrons. The van der Waals surface area contributed by atoms with Gasteiger partial charge in [-0.25, -0.2) is 4.79 Å². The molecule has 1 aromatic rings. The van der Waals surface area contributed by atoms with Gasteiger partial charge in [-0.1, -0.05) is 0 Å². The SMILES string of the molecule is COc1ccc(NC2(C(=O)O)CCC2)cc1. The number of carboxylic acid groups (broad SMARTS) is 1. The van der Waals surface area contributed by atoms with E-state index in [-0.39, 0.29) is 0 Å². The first kappa shape index (κ1) is 10.8. The Hall–Kier alpha value is -1.71. The number of methoxy groups -OCH3 is 1. The first-order chi connectivity index (χ1) is 7.66. The molecule has 0 saturated heterocycles. The van der Waals surface area contributed by atoms with Gasteiger partial charge in [0.2, 0.25) is 0 Å². The highest BCUT2D eigenvalue weighted by atomic mass is 16.5. The van der Waals surface area contributed by atoms with Crippen molar-refractivity contribution in [3.05, 3.63) is 24.3 Å². The van der Waals surface area contributed by atoms with Crippen molar-refractivity contribution < 1.29 is 14.6 Å². The van der Waals surface area contributed by atoms with E-state index in [4.69, 9.17) is 9.84 Å². The zero-order chi connectivity index (χ0) is 11.6. The lowest BCUT2D eigenvalue weighted by atomic mass is 9.76. The van der Waals surface area contributed by atoms with E-state index in [1.807, 2.05) is 24.3 Å². The third-order valence-corrected chi connectivity index (χ3v) is 3.09. The van der Waals surface area contributed by atoms with Gasteiger partial charge in [-0.2, -0.15) is 0 Å². The Morgan fingerprint density at radius 1 is 1.38 bits per heavy atom. The number of carboxylic acids is 1. The molecule has 0 amide bonds. The van der Waals surface area contributed by atoms with Crippen LogP contribution in [0.25, 0.3) is 0 Å². The molecule has 86 valence electrons. The van der Waals surface area contributed by atoms with Gasteiger partial charge in [0, 0.05) is 5.69 Å². The molecule has 1 saturated carbocycles. The number of benzene rings is 1. The van der Waals surface area contributed by atoms with Gasteiger partial charge in [0.25, 0.3) is 0 Å². The molecule has 1 fully saturated rings. The van der Waals surface area contributed by atoms with Crippen LogP contribution in [-0.4, -0.2) is 23.7 Å². The van der Waals surface area contributed by atoms with Gasteiger partial charge in [-0.15, -0.1) is 0 Å². The molecule has 0 bridgehead atoms. The first-order valence-electron chi connectivity index (χ1n) is 5.32. The quantitative estimate of drug-likeness (QED) is 0.817. The van der Waals surface area contributed by atoms with Crippen LogP contribution >= 0.6 is 0 Å². The number of aliphatic carboxylic acids is 1. The van der Waals surface area contributed by atoms with Crippen LogP contribution in [0, 0.1) is 0 Å². The molecule has 1 aliphatic rings. The van der Waals surface area contributed by atoms with Gasteiger partial charge in [-0.05, 0) is 43.5 Å². The molecule has 4 nitrogen and oxygen atoms in total. The second-order valence-electron chi connectivity index (χ2n) is 4.09. The lowest BCUT2D eigenvalue weighted by Gasteiger charge is -2.39. The smallest absolute Gasteiger partial charge is 0.329 e. The number of carbonyl (C=O) groups is 1. The minimum atomic E-state index is -0.769. The summed E-state index contributed by atoms with van der Waals surface area (Å²) in [7, 11) is 1.60. The van der Waals surface area contributed by atoms with Gasteiger partial charge in [0.15, 0.2) is 0 Å². The third kappa shape index (κ3) is 1.83. The molecule has 2 N–H and O–H groups in total. The summed E-state index contributed by atoms with van der Waals surface area (Å²) in [6.45, 7) is 0. The summed E-state index contributed by atoms with van der Waals surface area (Å²) in [6, 6.07) is 7.30. The van der Waals surface area contributed by atoms with E-state index in [1.165, 1.54) is 0 Å². The van der Waals surface area contributed by atoms with Crippen LogP contribution in [0.5, 0.6) is 5.75 Å². The molecule has 16 heavy (non-hydrogen) atoms. The van der Waals surface area contributed by atoms with Crippen LogP contribution in [0.2, 0.25) is 0 Å². The highest BCUT2D eigenvalue weighted by molar-refractivity contribution is 5.84. The molecule has 0 heterocycles. The number of hydrogen-bond acceptors (Lipinski definition) is 3. The van der Waals surface area contributed by atoms with Gasteiger partial charge in [0.05, 0.1) is 7.11 Å². The van der Waals surface area contributed by atoms with Crippen LogP contribution in [-0.2, 0) is 4.79 Å². The molecule has 0 spiro atoms. The second kappa shape index (κ2) is 4.04. The Bertz CT molecular complexity index is 382. The van der Waals surface area contributed by atoms with E-state index < -0.39 is 11.5 Å². The Kier molecular flexibility index (Phi) is 2.73. The van der Waals surface area contributed by atoms with E-state index in [9.17, 15) is 4.79 Å². The molecule has 1 aliphatic carbocycles. The van der Waals surface area contributed by atoms with Crippen LogP contribution < -0.4 is 10.1 Å². The number of nitrogens with one attached hydrogen (secondary N) is 1. The molecular formula is C12H15NO3. The summed E-state index contributed by atoms with van der Waals surface area (Å²) in [5.74, 6) is -0.00176. The highest BCUT2D eigenvalue weighted by Crippen LogP contribution is 2.35. The Morgan fingerprint density at radius 3 is 2.38 bits per heavy atom. The predicted molar refractivity (Wildman–Crippen MR) is 60.8 cm³/mol. The molecule has 0 aliphatic heterocycles. The lowest BCUT2D eigenvalue weighted by Crippen LogP contribution is -2.52. The molecule has 2 rings (SSSR count). The average Bonchev–Trinajstić information content (AvgIpc) is 2.24. The van der Waals surface area contributed by atoms with Gasteiger partial charge < -0.3 is 15.2 Å². The van der Waals surface area contributed by atoms with Crippen molar-refractivity contribution in [3.8, 4) is 5.75 Å². The van der Waals surface area contributed by atoms with Crippen molar-refractivity contribution in [2.75, 3.05) is 12.4 Å². The summed E-state index contributed by atoms with van der Waals surface area (Å²) >= 11 is 0. The first-order valence-corrected chi connectivity index (χ1v) is 5.32. The van der Waals surface area contributed by atoms with E-state index in [1.54, 1.807) is 7.11 Å². The van der Waals surface area contributed by atoms with Crippen molar-refractivity contribution >= 4 is 11.7 Å². The maximum atomic E-state index is 11.1. The fraction of sp³-hybridized carbons (Fsp3) is 0.417. The van der Waals surface area contributed by atoms with Crippen molar-refractivity contribution in [2.45, 2.75) is 24.8 Å². The zero-order valence-electron chi connectivity index (χ0n) is 9.19. The van der Waals surface area contributed by atoms with Gasteiger partial charge in [-0.3, -0.25) is 0 Å². The zero-order valence-corrected chi connectivity index (χ0v) is 9.19. The van der Waals surface area contributed by atoms with Crippen LogP contribution in [0.15, 0.2) is 24.3 Å². The largest absolute Gasteiger partial charge is 0.497 e. The van der Waals surface area contributed by atoms with E-state index >= 15 is 0 Å². The van der Waals surface area contributed by atoms with Crippen LogP contribution in [0.1, 0.15) is 19.3 Å². The number of anilines is 1. The fourth-order valence-corrected chi connectivity index (χ4v) is 1.87. The predicted octanol–water partition coefficient (Wildman–Crippen LogP) is 2.11. The fourth-order valence-electron chi connectivity index (χ4n) is 1.87. The Morgan fingerprint density at radius 2 is 2.00 bits per heavy atom. The monoisotopic (exact) mass is 221 g/mol. The molecule has 1 aromatic carbocycles. The van der Waals surface area contributed by atoms with E-state index in [0.29, 0.717) is 12.8 Å². The second-order valence-corrected chi connectivity index (χ2v) is 4.09. The summed E-state index contributed by atoms with van der Waals surface area (Å²) in [5, 5.41) is 12.2. The average molecular weight is 221 g/mol. The Balaban J connectivity index is 2.10. The molecular weight excluding hydrogens is 206 g/mol. The van der Waals surface area contributed by atoms with Crippen molar-refractivity contribution in [2.24, 2.45) is 0 Å². The minimum absolute atomic E-state index is 0.689. The summed E-state index contributed by atoms with van der Waals surface area (Å²) in [6.07, 6.45) is 2.35. The molecule has 0 atom stereocenters. The summed E-state index contributed by atoms with van der Waals surface area (Å²) in [4.78, 5) is 11.1. The summed E-state index contributed by atoms with van der Waals surface area (Å²) in [5.41, 5.74) is 0.0668. The molecule has 0 unspecified atom stereocenters. The number of ether oxygens (including phenoxy) is 1. The third-order valence-electron chi connectivity index (χ3n) is 3.09. The number of rotatable bonds is 4. The number of hydrogen-bond donors (Lipinski definition) is 2.